The van der Waals surface area contributed by atoms with Gasteiger partial charge >= 0.3 is 0 Å². The van der Waals surface area contributed by atoms with E-state index in [-0.39, 0.29) is 18.3 Å². The van der Waals surface area contributed by atoms with Gasteiger partial charge in [-0.25, -0.2) is 4.39 Å². The molecule has 0 bridgehead atoms. The van der Waals surface area contributed by atoms with Gasteiger partial charge < -0.3 is 9.47 Å². The van der Waals surface area contributed by atoms with Gasteiger partial charge in [-0.15, -0.1) is 11.6 Å². The zero-order valence-electron chi connectivity index (χ0n) is 10.8. The molecule has 106 valence electrons. The topological polar surface area (TPSA) is 18.5 Å². The van der Waals surface area contributed by atoms with E-state index in [1.54, 1.807) is 31.4 Å². The molecule has 0 heterocycles. The maximum Gasteiger partial charge on any atom is 0.129 e. The molecular formula is C15H13Cl2FO2. The van der Waals surface area contributed by atoms with Crippen molar-refractivity contribution < 1.29 is 13.9 Å². The molecule has 2 nitrogen and oxygen atoms in total. The molecule has 2 rings (SSSR count). The van der Waals surface area contributed by atoms with Crippen LogP contribution in [-0.4, -0.2) is 7.11 Å². The molecule has 0 fully saturated rings. The number of methoxy groups -OCH3 is 1. The van der Waals surface area contributed by atoms with Crippen LogP contribution in [0.1, 0.15) is 11.1 Å². The van der Waals surface area contributed by atoms with Gasteiger partial charge in [0.15, 0.2) is 0 Å². The van der Waals surface area contributed by atoms with Gasteiger partial charge in [-0.2, -0.15) is 0 Å². The van der Waals surface area contributed by atoms with Crippen LogP contribution in [0.2, 0.25) is 5.02 Å². The lowest BCUT2D eigenvalue weighted by Gasteiger charge is -2.12. The average Bonchev–Trinajstić information content (AvgIpc) is 2.48. The minimum absolute atomic E-state index is 0.0859. The summed E-state index contributed by atoms with van der Waals surface area (Å²) in [6.45, 7) is 0.0859. The van der Waals surface area contributed by atoms with E-state index in [9.17, 15) is 4.39 Å². The van der Waals surface area contributed by atoms with Crippen LogP contribution in [0.3, 0.4) is 0 Å². The Labute approximate surface area is 127 Å². The molecular weight excluding hydrogens is 302 g/mol. The summed E-state index contributed by atoms with van der Waals surface area (Å²) in [6, 6.07) is 9.66. The van der Waals surface area contributed by atoms with E-state index in [1.807, 2.05) is 0 Å². The Bertz CT molecular complexity index is 602. The zero-order chi connectivity index (χ0) is 14.5. The third-order valence-electron chi connectivity index (χ3n) is 2.80. The summed E-state index contributed by atoms with van der Waals surface area (Å²) >= 11 is 11.7. The fourth-order valence-electron chi connectivity index (χ4n) is 1.74. The van der Waals surface area contributed by atoms with Crippen molar-refractivity contribution in [2.75, 3.05) is 7.11 Å². The van der Waals surface area contributed by atoms with E-state index in [1.165, 1.54) is 12.1 Å². The Morgan fingerprint density at radius 2 is 1.90 bits per heavy atom. The molecule has 0 N–H and O–H groups in total. The van der Waals surface area contributed by atoms with Gasteiger partial charge in [-0.05, 0) is 36.4 Å². The van der Waals surface area contributed by atoms with Crippen molar-refractivity contribution in [3.63, 3.8) is 0 Å². The molecule has 0 amide bonds. The number of halogens is 3. The minimum Gasteiger partial charge on any atom is -0.497 e. The van der Waals surface area contributed by atoms with Gasteiger partial charge in [0.1, 0.15) is 23.9 Å². The second-order valence-electron chi connectivity index (χ2n) is 4.13. The van der Waals surface area contributed by atoms with E-state index in [0.29, 0.717) is 22.1 Å². The Kier molecular flexibility index (Phi) is 5.10. The number of hydrogen-bond acceptors (Lipinski definition) is 2. The van der Waals surface area contributed by atoms with Crippen LogP contribution in [-0.2, 0) is 12.5 Å². The Morgan fingerprint density at radius 1 is 1.10 bits per heavy atom. The molecule has 0 aliphatic rings. The molecule has 0 saturated heterocycles. The standard InChI is InChI=1S/C15H13Cl2FO2/c1-19-13-3-5-15(10(7-13)8-16)20-9-11-6-12(17)2-4-14(11)18/h2-7H,8-9H2,1H3. The maximum atomic E-state index is 13.6. The first-order valence-corrected chi connectivity index (χ1v) is 6.85. The van der Waals surface area contributed by atoms with Crippen LogP contribution in [0.15, 0.2) is 36.4 Å². The van der Waals surface area contributed by atoms with Crippen molar-refractivity contribution in [3.8, 4) is 11.5 Å². The van der Waals surface area contributed by atoms with Crippen molar-refractivity contribution >= 4 is 23.2 Å². The smallest absolute Gasteiger partial charge is 0.129 e. The third-order valence-corrected chi connectivity index (χ3v) is 3.33. The molecule has 0 saturated carbocycles. The third kappa shape index (κ3) is 3.56. The van der Waals surface area contributed by atoms with Crippen LogP contribution < -0.4 is 9.47 Å². The largest absolute Gasteiger partial charge is 0.497 e. The van der Waals surface area contributed by atoms with Crippen LogP contribution in [0.4, 0.5) is 4.39 Å². The predicted octanol–water partition coefficient (Wildman–Crippen LogP) is 4.81. The highest BCUT2D eigenvalue weighted by Gasteiger charge is 2.08. The van der Waals surface area contributed by atoms with E-state index >= 15 is 0 Å². The highest BCUT2D eigenvalue weighted by atomic mass is 35.5. The molecule has 2 aromatic rings. The molecule has 0 aromatic heterocycles. The lowest BCUT2D eigenvalue weighted by molar-refractivity contribution is 0.297. The van der Waals surface area contributed by atoms with Crippen molar-refractivity contribution in [2.24, 2.45) is 0 Å². The Hall–Kier alpha value is -1.45. The first-order valence-electron chi connectivity index (χ1n) is 5.93. The number of benzene rings is 2. The van der Waals surface area contributed by atoms with Crippen molar-refractivity contribution in [2.45, 2.75) is 12.5 Å². The van der Waals surface area contributed by atoms with E-state index in [4.69, 9.17) is 32.7 Å². The number of alkyl halides is 1. The summed E-state index contributed by atoms with van der Waals surface area (Å²) in [5, 5.41) is 0.470. The molecule has 5 heteroatoms. The first-order chi connectivity index (χ1) is 9.63. The SMILES string of the molecule is COc1ccc(OCc2cc(Cl)ccc2F)c(CCl)c1. The van der Waals surface area contributed by atoms with Crippen LogP contribution >= 0.6 is 23.2 Å². The van der Waals surface area contributed by atoms with Gasteiger partial charge in [0, 0.05) is 16.1 Å². The summed E-state index contributed by atoms with van der Waals surface area (Å²) in [6.07, 6.45) is 0. The summed E-state index contributed by atoms with van der Waals surface area (Å²) in [5.41, 5.74) is 1.18. The molecule has 0 aliphatic carbocycles. The fraction of sp³-hybridized carbons (Fsp3) is 0.200. The van der Waals surface area contributed by atoms with Crippen molar-refractivity contribution in [1.82, 2.24) is 0 Å². The van der Waals surface area contributed by atoms with Crippen LogP contribution in [0.25, 0.3) is 0 Å². The van der Waals surface area contributed by atoms with Gasteiger partial charge in [-0.1, -0.05) is 11.6 Å². The summed E-state index contributed by atoms with van der Waals surface area (Å²) in [4.78, 5) is 0. The minimum atomic E-state index is -0.352. The number of hydrogen-bond donors (Lipinski definition) is 0. The monoisotopic (exact) mass is 314 g/mol. The maximum absolute atomic E-state index is 13.6. The van der Waals surface area contributed by atoms with Gasteiger partial charge in [-0.3, -0.25) is 0 Å². The lowest BCUT2D eigenvalue weighted by Crippen LogP contribution is -2.00. The quantitative estimate of drug-likeness (QED) is 0.738. The molecule has 2 aromatic carbocycles. The Balaban J connectivity index is 2.16. The lowest BCUT2D eigenvalue weighted by atomic mass is 10.2. The van der Waals surface area contributed by atoms with E-state index < -0.39 is 0 Å². The van der Waals surface area contributed by atoms with Crippen molar-refractivity contribution in [1.29, 1.82) is 0 Å². The molecule has 0 unspecified atom stereocenters. The van der Waals surface area contributed by atoms with Crippen LogP contribution in [0, 0.1) is 5.82 Å². The number of ether oxygens (including phenoxy) is 2. The fourth-order valence-corrected chi connectivity index (χ4v) is 2.14. The summed E-state index contributed by atoms with van der Waals surface area (Å²) < 4.78 is 24.3. The summed E-state index contributed by atoms with van der Waals surface area (Å²) in [7, 11) is 1.58. The molecule has 0 atom stereocenters. The van der Waals surface area contributed by atoms with E-state index in [0.717, 1.165) is 5.56 Å². The predicted molar refractivity (Wildman–Crippen MR) is 78.3 cm³/mol. The van der Waals surface area contributed by atoms with Crippen LogP contribution in [0.5, 0.6) is 11.5 Å². The first kappa shape index (κ1) is 14.9. The number of rotatable bonds is 5. The second kappa shape index (κ2) is 6.82. The zero-order valence-corrected chi connectivity index (χ0v) is 12.3. The molecule has 0 aliphatic heterocycles. The van der Waals surface area contributed by atoms with E-state index in [2.05, 4.69) is 0 Å². The second-order valence-corrected chi connectivity index (χ2v) is 4.84. The Morgan fingerprint density at radius 3 is 2.60 bits per heavy atom. The summed E-state index contributed by atoms with van der Waals surface area (Å²) in [5.74, 6) is 1.22. The van der Waals surface area contributed by atoms with Gasteiger partial charge in [0.25, 0.3) is 0 Å². The molecule has 20 heavy (non-hydrogen) atoms. The highest BCUT2D eigenvalue weighted by molar-refractivity contribution is 6.30. The molecule has 0 spiro atoms. The van der Waals surface area contributed by atoms with Crippen molar-refractivity contribution in [3.05, 3.63) is 58.4 Å². The molecule has 0 radical (unpaired) electrons. The van der Waals surface area contributed by atoms with Gasteiger partial charge in [0.2, 0.25) is 0 Å². The average molecular weight is 315 g/mol. The van der Waals surface area contributed by atoms with Gasteiger partial charge in [0.05, 0.1) is 13.0 Å². The highest BCUT2D eigenvalue weighted by Crippen LogP contribution is 2.27. The normalized spacial score (nSPS) is 10.4.